The molecule has 1 atom stereocenters. The molecule has 1 aromatic carbocycles. The van der Waals surface area contributed by atoms with Gasteiger partial charge in [-0.2, -0.15) is 5.10 Å². The molecule has 3 amide bonds. The average molecular weight is 519 g/mol. The largest absolute Gasteiger partial charge is 0.357 e. The SMILES string of the molecule is C=CC(=O)N1CCC(NC(=O)c2nn(Cc3ccc(F)cc3)c3c2CN(C(=O)c2ccc[nH]2)C[C@H]3C)CC1. The van der Waals surface area contributed by atoms with Crippen molar-refractivity contribution in [2.75, 3.05) is 19.6 Å². The van der Waals surface area contributed by atoms with E-state index in [2.05, 4.69) is 16.9 Å². The predicted octanol–water partition coefficient (Wildman–Crippen LogP) is 3.06. The van der Waals surface area contributed by atoms with E-state index in [0.29, 0.717) is 50.4 Å². The van der Waals surface area contributed by atoms with Gasteiger partial charge in [0.25, 0.3) is 11.8 Å². The minimum Gasteiger partial charge on any atom is -0.357 e. The molecule has 2 aromatic heterocycles. The van der Waals surface area contributed by atoms with E-state index in [1.165, 1.54) is 18.2 Å². The number of aromatic amines is 1. The number of halogens is 1. The fraction of sp³-hybridized carbons (Fsp3) is 0.357. The van der Waals surface area contributed by atoms with Crippen LogP contribution < -0.4 is 5.32 Å². The van der Waals surface area contributed by atoms with Gasteiger partial charge in [0, 0.05) is 49.0 Å². The summed E-state index contributed by atoms with van der Waals surface area (Å²) in [6.07, 6.45) is 4.29. The summed E-state index contributed by atoms with van der Waals surface area (Å²) in [5.41, 5.74) is 3.28. The molecule has 1 fully saturated rings. The summed E-state index contributed by atoms with van der Waals surface area (Å²) in [5, 5.41) is 7.82. The number of fused-ring (bicyclic) bond motifs is 1. The van der Waals surface area contributed by atoms with E-state index >= 15 is 0 Å². The Bertz CT molecular complexity index is 1340. The van der Waals surface area contributed by atoms with Gasteiger partial charge in [-0.05, 0) is 48.7 Å². The van der Waals surface area contributed by atoms with Gasteiger partial charge < -0.3 is 20.1 Å². The Hall–Kier alpha value is -4.21. The molecule has 0 saturated carbocycles. The highest BCUT2D eigenvalue weighted by molar-refractivity contribution is 5.96. The second-order valence-electron chi connectivity index (χ2n) is 9.94. The van der Waals surface area contributed by atoms with Gasteiger partial charge in [0.2, 0.25) is 5.91 Å². The van der Waals surface area contributed by atoms with Crippen molar-refractivity contribution in [2.24, 2.45) is 0 Å². The highest BCUT2D eigenvalue weighted by Crippen LogP contribution is 2.32. The van der Waals surface area contributed by atoms with Crippen LogP contribution in [-0.2, 0) is 17.9 Å². The summed E-state index contributed by atoms with van der Waals surface area (Å²) in [6.45, 7) is 7.77. The Balaban J connectivity index is 1.41. The van der Waals surface area contributed by atoms with E-state index in [4.69, 9.17) is 5.10 Å². The molecule has 2 aliphatic heterocycles. The third kappa shape index (κ3) is 5.11. The van der Waals surface area contributed by atoms with Crippen molar-refractivity contribution < 1.29 is 18.8 Å². The van der Waals surface area contributed by atoms with E-state index in [0.717, 1.165) is 16.8 Å². The highest BCUT2D eigenvalue weighted by Gasteiger charge is 2.35. The Kier molecular flexibility index (Phi) is 7.13. The zero-order chi connectivity index (χ0) is 26.8. The van der Waals surface area contributed by atoms with Crippen LogP contribution in [0.1, 0.15) is 63.5 Å². The number of benzene rings is 1. The van der Waals surface area contributed by atoms with Crippen LogP contribution in [-0.4, -0.2) is 68.0 Å². The van der Waals surface area contributed by atoms with Gasteiger partial charge in [0.1, 0.15) is 11.5 Å². The summed E-state index contributed by atoms with van der Waals surface area (Å²) in [4.78, 5) is 45.0. The second kappa shape index (κ2) is 10.6. The molecular weight excluding hydrogens is 487 g/mol. The Morgan fingerprint density at radius 3 is 2.55 bits per heavy atom. The smallest absolute Gasteiger partial charge is 0.272 e. The average Bonchev–Trinajstić information content (AvgIpc) is 3.58. The van der Waals surface area contributed by atoms with Gasteiger partial charge in [-0.3, -0.25) is 19.1 Å². The number of carbonyl (C=O) groups is 3. The molecule has 2 N–H and O–H groups in total. The molecule has 5 rings (SSSR count). The second-order valence-corrected chi connectivity index (χ2v) is 9.94. The molecule has 198 valence electrons. The topological polar surface area (TPSA) is 103 Å². The lowest BCUT2D eigenvalue weighted by atomic mass is 9.95. The molecule has 0 unspecified atom stereocenters. The van der Waals surface area contributed by atoms with Crippen LogP contribution >= 0.6 is 0 Å². The zero-order valence-electron chi connectivity index (χ0n) is 21.3. The van der Waals surface area contributed by atoms with E-state index in [1.807, 2.05) is 11.6 Å². The van der Waals surface area contributed by atoms with Crippen LogP contribution in [0, 0.1) is 5.82 Å². The molecule has 10 heteroatoms. The number of hydrogen-bond donors (Lipinski definition) is 2. The van der Waals surface area contributed by atoms with E-state index in [-0.39, 0.29) is 42.0 Å². The van der Waals surface area contributed by atoms with E-state index in [1.54, 1.807) is 40.3 Å². The molecule has 0 aliphatic carbocycles. The first-order valence-corrected chi connectivity index (χ1v) is 12.8. The number of rotatable bonds is 6. The van der Waals surface area contributed by atoms with Gasteiger partial charge in [0.15, 0.2) is 5.69 Å². The lowest BCUT2D eigenvalue weighted by Crippen LogP contribution is -2.46. The molecule has 0 radical (unpaired) electrons. The maximum atomic E-state index is 13.5. The Labute approximate surface area is 220 Å². The number of nitrogens with one attached hydrogen (secondary N) is 2. The Morgan fingerprint density at radius 2 is 1.89 bits per heavy atom. The van der Waals surface area contributed by atoms with Gasteiger partial charge in [-0.25, -0.2) is 4.39 Å². The quantitative estimate of drug-likeness (QED) is 0.490. The lowest BCUT2D eigenvalue weighted by molar-refractivity contribution is -0.127. The molecular formula is C28H31FN6O3. The number of hydrogen-bond acceptors (Lipinski definition) is 4. The van der Waals surface area contributed by atoms with Crippen LogP contribution in [0.25, 0.3) is 0 Å². The van der Waals surface area contributed by atoms with Crippen molar-refractivity contribution in [3.63, 3.8) is 0 Å². The van der Waals surface area contributed by atoms with Crippen LogP contribution in [0.3, 0.4) is 0 Å². The van der Waals surface area contributed by atoms with E-state index < -0.39 is 0 Å². The number of piperidine rings is 1. The number of carbonyl (C=O) groups excluding carboxylic acids is 3. The number of aromatic nitrogens is 3. The summed E-state index contributed by atoms with van der Waals surface area (Å²) in [6, 6.07) is 9.64. The summed E-state index contributed by atoms with van der Waals surface area (Å²) < 4.78 is 15.3. The van der Waals surface area contributed by atoms with Crippen molar-refractivity contribution >= 4 is 17.7 Å². The van der Waals surface area contributed by atoms with Gasteiger partial charge in [0.05, 0.1) is 13.1 Å². The van der Waals surface area contributed by atoms with Crippen molar-refractivity contribution in [2.45, 2.75) is 44.8 Å². The minimum absolute atomic E-state index is 0.0692. The normalized spacial score (nSPS) is 17.7. The molecule has 0 spiro atoms. The summed E-state index contributed by atoms with van der Waals surface area (Å²) >= 11 is 0. The van der Waals surface area contributed by atoms with E-state index in [9.17, 15) is 18.8 Å². The van der Waals surface area contributed by atoms with Crippen molar-refractivity contribution in [3.8, 4) is 0 Å². The molecule has 38 heavy (non-hydrogen) atoms. The van der Waals surface area contributed by atoms with Crippen LogP contribution in [0.5, 0.6) is 0 Å². The lowest BCUT2D eigenvalue weighted by Gasteiger charge is -2.32. The van der Waals surface area contributed by atoms with Crippen molar-refractivity contribution in [1.29, 1.82) is 0 Å². The molecule has 1 saturated heterocycles. The molecule has 3 aromatic rings. The maximum absolute atomic E-state index is 13.5. The van der Waals surface area contributed by atoms with Crippen LogP contribution in [0.4, 0.5) is 4.39 Å². The van der Waals surface area contributed by atoms with Crippen molar-refractivity contribution in [3.05, 3.63) is 89.3 Å². The van der Waals surface area contributed by atoms with Crippen molar-refractivity contribution in [1.82, 2.24) is 29.9 Å². The highest BCUT2D eigenvalue weighted by atomic mass is 19.1. The molecule has 9 nitrogen and oxygen atoms in total. The number of amides is 3. The first-order valence-electron chi connectivity index (χ1n) is 12.8. The minimum atomic E-state index is -0.316. The third-order valence-corrected chi connectivity index (χ3v) is 7.30. The van der Waals surface area contributed by atoms with Gasteiger partial charge >= 0.3 is 0 Å². The number of H-pyrrole nitrogens is 1. The van der Waals surface area contributed by atoms with Gasteiger partial charge in [-0.15, -0.1) is 0 Å². The summed E-state index contributed by atoms with van der Waals surface area (Å²) in [5.74, 6) is -0.924. The summed E-state index contributed by atoms with van der Waals surface area (Å²) in [7, 11) is 0. The molecule has 4 heterocycles. The first kappa shape index (κ1) is 25.4. The fourth-order valence-electron chi connectivity index (χ4n) is 5.37. The zero-order valence-corrected chi connectivity index (χ0v) is 21.3. The monoisotopic (exact) mass is 518 g/mol. The van der Waals surface area contributed by atoms with Crippen LogP contribution in [0.15, 0.2) is 55.3 Å². The fourth-order valence-corrected chi connectivity index (χ4v) is 5.37. The standard InChI is InChI=1S/C28H31FN6O3/c1-3-24(36)33-13-10-21(11-14-33)31-27(37)25-22-17-34(28(38)23-5-4-12-30-23)15-18(2)26(22)35(32-25)16-19-6-8-20(29)9-7-19/h3-9,12,18,21,30H,1,10-11,13-17H2,2H3,(H,31,37)/t18-/m1/s1. The van der Waals surface area contributed by atoms with Crippen LogP contribution in [0.2, 0.25) is 0 Å². The third-order valence-electron chi connectivity index (χ3n) is 7.30. The van der Waals surface area contributed by atoms with Gasteiger partial charge in [-0.1, -0.05) is 25.6 Å². The Morgan fingerprint density at radius 1 is 1.16 bits per heavy atom. The number of likely N-dealkylation sites (tertiary alicyclic amines) is 1. The first-order chi connectivity index (χ1) is 18.3. The number of nitrogens with zero attached hydrogens (tertiary/aromatic N) is 4. The predicted molar refractivity (Wildman–Crippen MR) is 139 cm³/mol. The molecule has 2 aliphatic rings. The maximum Gasteiger partial charge on any atom is 0.272 e. The molecule has 0 bridgehead atoms.